The van der Waals surface area contributed by atoms with Gasteiger partial charge in [0.25, 0.3) is 0 Å². The third-order valence-electron chi connectivity index (χ3n) is 4.37. The SMILES string of the molecule is O=C(O)c1ccc(OCc2nc3ccccc3[nH]2)c(OCc2ccc(Cl)c(Cl)c2)c1. The molecular formula is C22H16Cl2N2O4. The molecule has 0 unspecified atom stereocenters. The number of imidazole rings is 1. The maximum absolute atomic E-state index is 11.4. The zero-order chi connectivity index (χ0) is 21.1. The van der Waals surface area contributed by atoms with E-state index in [0.717, 1.165) is 16.6 Å². The molecule has 3 aromatic carbocycles. The lowest BCUT2D eigenvalue weighted by Crippen LogP contribution is -2.04. The van der Waals surface area contributed by atoms with Crippen molar-refractivity contribution in [1.82, 2.24) is 9.97 Å². The molecule has 0 bridgehead atoms. The van der Waals surface area contributed by atoms with Crippen molar-refractivity contribution < 1.29 is 19.4 Å². The number of carbonyl (C=O) groups is 1. The molecule has 8 heteroatoms. The molecule has 152 valence electrons. The minimum Gasteiger partial charge on any atom is -0.485 e. The lowest BCUT2D eigenvalue weighted by molar-refractivity contribution is 0.0696. The Kier molecular flexibility index (Phi) is 5.79. The van der Waals surface area contributed by atoms with Gasteiger partial charge < -0.3 is 19.6 Å². The van der Waals surface area contributed by atoms with Gasteiger partial charge in [0.2, 0.25) is 0 Å². The number of ether oxygens (including phenoxy) is 2. The topological polar surface area (TPSA) is 84.4 Å². The van der Waals surface area contributed by atoms with Crippen LogP contribution in [0.3, 0.4) is 0 Å². The first-order chi connectivity index (χ1) is 14.5. The standard InChI is InChI=1S/C22H16Cl2N2O4/c23-15-7-5-13(9-16(15)24)11-29-20-10-14(22(27)28)6-8-19(20)30-12-21-25-17-3-1-2-4-18(17)26-21/h1-10H,11-12H2,(H,25,26)(H,27,28). The van der Waals surface area contributed by atoms with Crippen LogP contribution in [0.4, 0.5) is 0 Å². The number of para-hydroxylation sites is 2. The predicted octanol–water partition coefficient (Wildman–Crippen LogP) is 5.73. The Hall–Kier alpha value is -3.22. The van der Waals surface area contributed by atoms with Crippen molar-refractivity contribution >= 4 is 40.2 Å². The molecular weight excluding hydrogens is 427 g/mol. The van der Waals surface area contributed by atoms with E-state index in [-0.39, 0.29) is 18.8 Å². The second-order valence-corrected chi connectivity index (χ2v) is 7.31. The van der Waals surface area contributed by atoms with Gasteiger partial charge in [0.05, 0.1) is 26.6 Å². The fourth-order valence-electron chi connectivity index (χ4n) is 2.88. The van der Waals surface area contributed by atoms with Gasteiger partial charge >= 0.3 is 5.97 Å². The van der Waals surface area contributed by atoms with E-state index >= 15 is 0 Å². The number of H-pyrrole nitrogens is 1. The third-order valence-corrected chi connectivity index (χ3v) is 5.11. The molecule has 0 atom stereocenters. The number of aromatic nitrogens is 2. The molecule has 0 aliphatic heterocycles. The molecule has 0 saturated heterocycles. The number of aromatic amines is 1. The predicted molar refractivity (Wildman–Crippen MR) is 115 cm³/mol. The molecule has 4 aromatic rings. The number of hydrogen-bond donors (Lipinski definition) is 2. The van der Waals surface area contributed by atoms with Crippen LogP contribution in [0.2, 0.25) is 10.0 Å². The van der Waals surface area contributed by atoms with Crippen molar-refractivity contribution in [2.24, 2.45) is 0 Å². The number of nitrogens with zero attached hydrogens (tertiary/aromatic N) is 1. The van der Waals surface area contributed by atoms with Crippen molar-refractivity contribution in [3.63, 3.8) is 0 Å². The lowest BCUT2D eigenvalue weighted by Gasteiger charge is -2.13. The van der Waals surface area contributed by atoms with Crippen LogP contribution in [-0.2, 0) is 13.2 Å². The minimum absolute atomic E-state index is 0.0928. The van der Waals surface area contributed by atoms with Crippen LogP contribution in [0.15, 0.2) is 60.7 Å². The molecule has 6 nitrogen and oxygen atoms in total. The highest BCUT2D eigenvalue weighted by molar-refractivity contribution is 6.42. The summed E-state index contributed by atoms with van der Waals surface area (Å²) in [5, 5.41) is 10.2. The maximum Gasteiger partial charge on any atom is 0.335 e. The summed E-state index contributed by atoms with van der Waals surface area (Å²) in [6.07, 6.45) is 0. The lowest BCUT2D eigenvalue weighted by atomic mass is 10.2. The van der Waals surface area contributed by atoms with Crippen LogP contribution in [0.25, 0.3) is 11.0 Å². The van der Waals surface area contributed by atoms with Crippen molar-refractivity contribution in [3.8, 4) is 11.5 Å². The number of benzene rings is 3. The Morgan fingerprint density at radius 2 is 1.73 bits per heavy atom. The molecule has 4 rings (SSSR count). The summed E-state index contributed by atoms with van der Waals surface area (Å²) in [4.78, 5) is 19.0. The zero-order valence-electron chi connectivity index (χ0n) is 15.6. The first-order valence-electron chi connectivity index (χ1n) is 9.00. The molecule has 0 fully saturated rings. The Balaban J connectivity index is 1.53. The molecule has 0 amide bonds. The van der Waals surface area contributed by atoms with Crippen molar-refractivity contribution in [3.05, 3.63) is 87.7 Å². The summed E-state index contributed by atoms with van der Waals surface area (Å²) in [6, 6.07) is 17.3. The highest BCUT2D eigenvalue weighted by Crippen LogP contribution is 2.31. The zero-order valence-corrected chi connectivity index (χ0v) is 17.1. The van der Waals surface area contributed by atoms with Crippen LogP contribution in [0, 0.1) is 0 Å². The number of rotatable bonds is 7. The van der Waals surface area contributed by atoms with Crippen LogP contribution < -0.4 is 9.47 Å². The van der Waals surface area contributed by atoms with E-state index < -0.39 is 5.97 Å². The summed E-state index contributed by atoms with van der Waals surface area (Å²) in [6.45, 7) is 0.338. The second-order valence-electron chi connectivity index (χ2n) is 6.49. The average Bonchev–Trinajstić information content (AvgIpc) is 3.16. The van der Waals surface area contributed by atoms with Crippen LogP contribution in [0.1, 0.15) is 21.7 Å². The van der Waals surface area contributed by atoms with Crippen molar-refractivity contribution in [2.75, 3.05) is 0 Å². The number of fused-ring (bicyclic) bond motifs is 1. The number of carboxylic acid groups (broad SMARTS) is 1. The van der Waals surface area contributed by atoms with Gasteiger partial charge in [-0.05, 0) is 48.0 Å². The second kappa shape index (κ2) is 8.65. The number of nitrogens with one attached hydrogen (secondary N) is 1. The van der Waals surface area contributed by atoms with Gasteiger partial charge in [-0.25, -0.2) is 9.78 Å². The minimum atomic E-state index is -1.06. The van der Waals surface area contributed by atoms with Crippen LogP contribution in [0.5, 0.6) is 11.5 Å². The van der Waals surface area contributed by atoms with Gasteiger partial charge in [0.1, 0.15) is 19.0 Å². The first-order valence-corrected chi connectivity index (χ1v) is 9.75. The van der Waals surface area contributed by atoms with Gasteiger partial charge in [0.15, 0.2) is 11.5 Å². The van der Waals surface area contributed by atoms with Crippen LogP contribution in [-0.4, -0.2) is 21.0 Å². The van der Waals surface area contributed by atoms with Gasteiger partial charge in [-0.15, -0.1) is 0 Å². The monoisotopic (exact) mass is 442 g/mol. The van der Waals surface area contributed by atoms with Crippen LogP contribution >= 0.6 is 23.2 Å². The summed E-state index contributed by atoms with van der Waals surface area (Å²) < 4.78 is 11.7. The molecule has 0 spiro atoms. The highest BCUT2D eigenvalue weighted by atomic mass is 35.5. The van der Waals surface area contributed by atoms with Gasteiger partial charge in [-0.1, -0.05) is 41.4 Å². The number of halogens is 2. The van der Waals surface area contributed by atoms with E-state index in [9.17, 15) is 9.90 Å². The molecule has 0 aliphatic carbocycles. The Morgan fingerprint density at radius 1 is 0.933 bits per heavy atom. The maximum atomic E-state index is 11.4. The molecule has 2 N–H and O–H groups in total. The fourth-order valence-corrected chi connectivity index (χ4v) is 3.20. The molecule has 0 radical (unpaired) electrons. The van der Waals surface area contributed by atoms with E-state index in [1.807, 2.05) is 24.3 Å². The normalized spacial score (nSPS) is 10.9. The van der Waals surface area contributed by atoms with E-state index in [1.54, 1.807) is 24.3 Å². The highest BCUT2D eigenvalue weighted by Gasteiger charge is 2.13. The number of hydrogen-bond acceptors (Lipinski definition) is 4. The number of carboxylic acids is 1. The van der Waals surface area contributed by atoms with Crippen molar-refractivity contribution in [2.45, 2.75) is 13.2 Å². The Morgan fingerprint density at radius 3 is 2.50 bits per heavy atom. The van der Waals surface area contributed by atoms with Gasteiger partial charge in [0, 0.05) is 0 Å². The average molecular weight is 443 g/mol. The summed E-state index contributed by atoms with van der Waals surface area (Å²) in [7, 11) is 0. The summed E-state index contributed by atoms with van der Waals surface area (Å²) in [5.41, 5.74) is 2.63. The Bertz CT molecular complexity index is 1190. The van der Waals surface area contributed by atoms with E-state index in [2.05, 4.69) is 9.97 Å². The third kappa shape index (κ3) is 4.50. The van der Waals surface area contributed by atoms with E-state index in [4.69, 9.17) is 32.7 Å². The van der Waals surface area contributed by atoms with Crippen molar-refractivity contribution in [1.29, 1.82) is 0 Å². The molecule has 1 heterocycles. The molecule has 0 saturated carbocycles. The van der Waals surface area contributed by atoms with Gasteiger partial charge in [-0.2, -0.15) is 0 Å². The quantitative estimate of drug-likeness (QED) is 0.381. The molecule has 0 aliphatic rings. The fraction of sp³-hybridized carbons (Fsp3) is 0.0909. The van der Waals surface area contributed by atoms with E-state index in [0.29, 0.717) is 27.4 Å². The van der Waals surface area contributed by atoms with Gasteiger partial charge in [-0.3, -0.25) is 0 Å². The Labute approximate surface area is 182 Å². The molecule has 1 aromatic heterocycles. The smallest absolute Gasteiger partial charge is 0.335 e. The summed E-state index contributed by atoms with van der Waals surface area (Å²) in [5.74, 6) is 0.296. The van der Waals surface area contributed by atoms with E-state index in [1.165, 1.54) is 12.1 Å². The first kappa shape index (κ1) is 20.1. The number of aromatic carboxylic acids is 1. The summed E-state index contributed by atoms with van der Waals surface area (Å²) >= 11 is 12.0. The molecule has 30 heavy (non-hydrogen) atoms. The largest absolute Gasteiger partial charge is 0.485 e.